The Kier molecular flexibility index (Phi) is 3.84. The highest BCUT2D eigenvalue weighted by molar-refractivity contribution is 7.09. The second kappa shape index (κ2) is 5.55. The van der Waals surface area contributed by atoms with E-state index in [1.807, 2.05) is 17.5 Å². The van der Waals surface area contributed by atoms with Crippen molar-refractivity contribution in [3.8, 4) is 0 Å². The van der Waals surface area contributed by atoms with Crippen molar-refractivity contribution in [2.45, 2.75) is 13.2 Å². The average molecular weight is 253 g/mol. The first kappa shape index (κ1) is 11.7. The third kappa shape index (κ3) is 3.36. The van der Waals surface area contributed by atoms with Gasteiger partial charge in [-0.3, -0.25) is 0 Å². The molecule has 2 aromatic rings. The minimum absolute atomic E-state index is 0.0525. The van der Waals surface area contributed by atoms with Crippen LogP contribution in [0.15, 0.2) is 23.7 Å². The van der Waals surface area contributed by atoms with Gasteiger partial charge in [-0.25, -0.2) is 9.48 Å². The summed E-state index contributed by atoms with van der Waals surface area (Å²) in [6, 6.07) is 3.97. The van der Waals surface area contributed by atoms with E-state index in [2.05, 4.69) is 10.3 Å². The lowest BCUT2D eigenvalue weighted by molar-refractivity contribution is 0.0690. The van der Waals surface area contributed by atoms with Gasteiger partial charge in [0.15, 0.2) is 5.69 Å². The molecule has 0 fully saturated rings. The number of nitrogens with zero attached hydrogens (tertiary/aromatic N) is 3. The van der Waals surface area contributed by atoms with Crippen molar-refractivity contribution < 1.29 is 14.6 Å². The number of hydrogen-bond acceptors (Lipinski definition) is 5. The van der Waals surface area contributed by atoms with E-state index in [1.54, 1.807) is 11.3 Å². The maximum Gasteiger partial charge on any atom is 0.358 e. The Balaban J connectivity index is 1.72. The topological polar surface area (TPSA) is 77.2 Å². The van der Waals surface area contributed by atoms with Crippen molar-refractivity contribution in [1.82, 2.24) is 15.0 Å². The van der Waals surface area contributed by atoms with Crippen LogP contribution in [0.5, 0.6) is 0 Å². The first-order valence-electron chi connectivity index (χ1n) is 4.99. The van der Waals surface area contributed by atoms with E-state index in [4.69, 9.17) is 9.84 Å². The van der Waals surface area contributed by atoms with Crippen molar-refractivity contribution in [1.29, 1.82) is 0 Å². The van der Waals surface area contributed by atoms with Crippen LogP contribution in [0.4, 0.5) is 0 Å². The largest absolute Gasteiger partial charge is 0.476 e. The number of thiophene rings is 1. The SMILES string of the molecule is O=C(O)c1cn(CCOCc2cccs2)nn1. The van der Waals surface area contributed by atoms with Crippen molar-refractivity contribution in [3.63, 3.8) is 0 Å². The summed E-state index contributed by atoms with van der Waals surface area (Å²) in [7, 11) is 0. The van der Waals surface area contributed by atoms with Crippen LogP contribution in [-0.4, -0.2) is 32.7 Å². The Morgan fingerprint density at radius 2 is 2.47 bits per heavy atom. The van der Waals surface area contributed by atoms with E-state index in [0.717, 1.165) is 4.88 Å². The van der Waals surface area contributed by atoms with Gasteiger partial charge in [-0.2, -0.15) is 0 Å². The molecule has 0 unspecified atom stereocenters. The molecule has 0 radical (unpaired) electrons. The summed E-state index contributed by atoms with van der Waals surface area (Å²) in [5.74, 6) is -1.07. The molecule has 0 saturated carbocycles. The molecule has 1 N–H and O–H groups in total. The van der Waals surface area contributed by atoms with Gasteiger partial charge in [0.25, 0.3) is 0 Å². The first-order chi connectivity index (χ1) is 8.25. The van der Waals surface area contributed by atoms with Crippen LogP contribution in [0.2, 0.25) is 0 Å². The summed E-state index contributed by atoms with van der Waals surface area (Å²) < 4.78 is 6.88. The minimum atomic E-state index is -1.07. The van der Waals surface area contributed by atoms with Crippen molar-refractivity contribution >= 4 is 17.3 Å². The molecule has 0 spiro atoms. The summed E-state index contributed by atoms with van der Waals surface area (Å²) >= 11 is 1.64. The Hall–Kier alpha value is -1.73. The van der Waals surface area contributed by atoms with Gasteiger partial charge >= 0.3 is 5.97 Å². The lowest BCUT2D eigenvalue weighted by Gasteiger charge is -2.01. The van der Waals surface area contributed by atoms with Crippen LogP contribution < -0.4 is 0 Å². The summed E-state index contributed by atoms with van der Waals surface area (Å²) in [6.45, 7) is 1.53. The number of aromatic carboxylic acids is 1. The molecule has 6 nitrogen and oxygen atoms in total. The fraction of sp³-hybridized carbons (Fsp3) is 0.300. The minimum Gasteiger partial charge on any atom is -0.476 e. The van der Waals surface area contributed by atoms with E-state index < -0.39 is 5.97 Å². The van der Waals surface area contributed by atoms with Gasteiger partial charge in [0, 0.05) is 4.88 Å². The highest BCUT2D eigenvalue weighted by Gasteiger charge is 2.07. The molecule has 7 heteroatoms. The van der Waals surface area contributed by atoms with Gasteiger partial charge in [-0.05, 0) is 11.4 Å². The van der Waals surface area contributed by atoms with Crippen LogP contribution in [0.1, 0.15) is 15.4 Å². The van der Waals surface area contributed by atoms with E-state index in [-0.39, 0.29) is 5.69 Å². The van der Waals surface area contributed by atoms with Gasteiger partial charge in [-0.15, -0.1) is 16.4 Å². The molecule has 90 valence electrons. The number of aromatic nitrogens is 3. The number of ether oxygens (including phenoxy) is 1. The highest BCUT2D eigenvalue weighted by atomic mass is 32.1. The average Bonchev–Trinajstić information content (AvgIpc) is 2.96. The standard InChI is InChI=1S/C10H11N3O3S/c14-10(15)9-6-13(12-11-9)3-4-16-7-8-2-1-5-17-8/h1-2,5-6H,3-4,7H2,(H,14,15). The predicted molar refractivity (Wildman–Crippen MR) is 61.0 cm³/mol. The summed E-state index contributed by atoms with van der Waals surface area (Å²) in [6.07, 6.45) is 1.39. The van der Waals surface area contributed by atoms with E-state index in [9.17, 15) is 4.79 Å². The maximum absolute atomic E-state index is 10.6. The van der Waals surface area contributed by atoms with Gasteiger partial charge in [0.05, 0.1) is 26.0 Å². The normalized spacial score (nSPS) is 10.6. The number of carbonyl (C=O) groups is 1. The molecule has 2 rings (SSSR count). The lowest BCUT2D eigenvalue weighted by Crippen LogP contribution is -2.06. The Morgan fingerprint density at radius 3 is 3.12 bits per heavy atom. The molecule has 17 heavy (non-hydrogen) atoms. The predicted octanol–water partition coefficient (Wildman–Crippen LogP) is 1.25. The fourth-order valence-electron chi connectivity index (χ4n) is 1.23. The second-order valence-corrected chi connectivity index (χ2v) is 4.34. The van der Waals surface area contributed by atoms with Crippen LogP contribution in [0.3, 0.4) is 0 Å². The number of hydrogen-bond donors (Lipinski definition) is 1. The summed E-state index contributed by atoms with van der Waals surface area (Å²) in [4.78, 5) is 11.7. The quantitative estimate of drug-likeness (QED) is 0.784. The van der Waals surface area contributed by atoms with E-state index >= 15 is 0 Å². The zero-order valence-electron chi connectivity index (χ0n) is 8.94. The molecule has 0 aromatic carbocycles. The van der Waals surface area contributed by atoms with Crippen LogP contribution in [0, 0.1) is 0 Å². The third-order valence-electron chi connectivity index (χ3n) is 2.05. The molecule has 2 aromatic heterocycles. The molecule has 0 aliphatic rings. The van der Waals surface area contributed by atoms with Gasteiger partial charge in [0.1, 0.15) is 0 Å². The van der Waals surface area contributed by atoms with Gasteiger partial charge in [0.2, 0.25) is 0 Å². The molecule has 0 atom stereocenters. The van der Waals surface area contributed by atoms with E-state index in [0.29, 0.717) is 19.8 Å². The molecule has 0 aliphatic carbocycles. The Morgan fingerprint density at radius 1 is 1.59 bits per heavy atom. The zero-order chi connectivity index (χ0) is 12.1. The molecule has 0 bridgehead atoms. The monoisotopic (exact) mass is 253 g/mol. The van der Waals surface area contributed by atoms with Crippen LogP contribution in [-0.2, 0) is 17.9 Å². The maximum atomic E-state index is 10.6. The zero-order valence-corrected chi connectivity index (χ0v) is 9.76. The highest BCUT2D eigenvalue weighted by Crippen LogP contribution is 2.09. The smallest absolute Gasteiger partial charge is 0.358 e. The molecular formula is C10H11N3O3S. The third-order valence-corrected chi connectivity index (χ3v) is 2.90. The van der Waals surface area contributed by atoms with Gasteiger partial charge < -0.3 is 9.84 Å². The van der Waals surface area contributed by atoms with Gasteiger partial charge in [-0.1, -0.05) is 11.3 Å². The summed E-state index contributed by atoms with van der Waals surface area (Å²) in [5.41, 5.74) is -0.0525. The number of carboxylic acid groups (broad SMARTS) is 1. The Bertz CT molecular complexity index is 481. The molecule has 0 aliphatic heterocycles. The Labute approximate surface area is 101 Å². The second-order valence-electron chi connectivity index (χ2n) is 3.30. The lowest BCUT2D eigenvalue weighted by atomic mass is 10.5. The fourth-order valence-corrected chi connectivity index (χ4v) is 1.87. The number of carboxylic acids is 1. The summed E-state index contributed by atoms with van der Waals surface area (Å²) in [5, 5.41) is 17.8. The van der Waals surface area contributed by atoms with Crippen molar-refractivity contribution in [3.05, 3.63) is 34.3 Å². The van der Waals surface area contributed by atoms with Crippen molar-refractivity contribution in [2.24, 2.45) is 0 Å². The first-order valence-corrected chi connectivity index (χ1v) is 5.87. The van der Waals surface area contributed by atoms with E-state index in [1.165, 1.54) is 10.9 Å². The molecular weight excluding hydrogens is 242 g/mol. The molecule has 0 saturated heterocycles. The molecule has 0 amide bonds. The number of rotatable bonds is 6. The van der Waals surface area contributed by atoms with Crippen molar-refractivity contribution in [2.75, 3.05) is 6.61 Å². The van der Waals surface area contributed by atoms with Crippen LogP contribution >= 0.6 is 11.3 Å². The molecule has 2 heterocycles. The van der Waals surface area contributed by atoms with Crippen LogP contribution in [0.25, 0.3) is 0 Å².